The van der Waals surface area contributed by atoms with Crippen molar-refractivity contribution in [1.29, 1.82) is 0 Å². The van der Waals surface area contributed by atoms with E-state index in [-0.39, 0.29) is 0 Å². The van der Waals surface area contributed by atoms with E-state index in [1.165, 1.54) is 0 Å². The van der Waals surface area contributed by atoms with Crippen LogP contribution in [0, 0.1) is 0 Å². The van der Waals surface area contributed by atoms with Crippen LogP contribution in [0.15, 0.2) is 36.7 Å². The van der Waals surface area contributed by atoms with Crippen LogP contribution in [0.5, 0.6) is 0 Å². The van der Waals surface area contributed by atoms with Crippen molar-refractivity contribution in [3.63, 3.8) is 0 Å². The number of benzene rings is 1. The topological polar surface area (TPSA) is 64.9 Å². The van der Waals surface area contributed by atoms with Crippen LogP contribution in [-0.2, 0) is 11.3 Å². The lowest BCUT2D eigenvalue weighted by Crippen LogP contribution is -2.06. The van der Waals surface area contributed by atoms with E-state index in [0.717, 1.165) is 22.7 Å². The predicted molar refractivity (Wildman–Crippen MR) is 76.9 cm³/mol. The second-order valence-electron chi connectivity index (χ2n) is 4.31. The summed E-state index contributed by atoms with van der Waals surface area (Å²) in [5.74, 6) is 2.15. The van der Waals surface area contributed by atoms with E-state index in [9.17, 15) is 0 Å². The second kappa shape index (κ2) is 5.26. The van der Waals surface area contributed by atoms with Gasteiger partial charge in [-0.15, -0.1) is 0 Å². The van der Waals surface area contributed by atoms with Gasteiger partial charge in [0.25, 0.3) is 0 Å². The first-order chi connectivity index (χ1) is 9.81. The third-order valence-corrected chi connectivity index (χ3v) is 2.99. The second-order valence-corrected chi connectivity index (χ2v) is 4.31. The van der Waals surface area contributed by atoms with Gasteiger partial charge in [0.1, 0.15) is 24.6 Å². The predicted octanol–water partition coefficient (Wildman–Crippen LogP) is 2.00. The lowest BCUT2D eigenvalue weighted by Gasteiger charge is -2.08. The molecule has 2 aromatic heterocycles. The van der Waals surface area contributed by atoms with Crippen LogP contribution >= 0.6 is 0 Å². The quantitative estimate of drug-likeness (QED) is 0.784. The first-order valence-electron chi connectivity index (χ1n) is 6.29. The molecule has 0 fully saturated rings. The normalized spacial score (nSPS) is 10.9. The smallest absolute Gasteiger partial charge is 0.158 e. The molecule has 1 aromatic carbocycles. The van der Waals surface area contributed by atoms with Crippen molar-refractivity contribution >= 4 is 16.9 Å². The van der Waals surface area contributed by atoms with Gasteiger partial charge in [-0.05, 0) is 12.1 Å². The number of anilines is 1. The van der Waals surface area contributed by atoms with Crippen LogP contribution in [-0.4, -0.2) is 33.7 Å². The van der Waals surface area contributed by atoms with E-state index in [0.29, 0.717) is 12.4 Å². The molecule has 6 heteroatoms. The molecule has 0 aliphatic carbocycles. The molecule has 0 aliphatic heterocycles. The number of methoxy groups -OCH3 is 1. The van der Waals surface area contributed by atoms with Crippen molar-refractivity contribution in [2.45, 2.75) is 6.61 Å². The van der Waals surface area contributed by atoms with E-state index in [4.69, 9.17) is 4.74 Å². The van der Waals surface area contributed by atoms with Crippen LogP contribution in [0.1, 0.15) is 5.82 Å². The van der Waals surface area contributed by atoms with Gasteiger partial charge in [0.2, 0.25) is 0 Å². The Labute approximate surface area is 116 Å². The Morgan fingerprint density at radius 3 is 2.90 bits per heavy atom. The van der Waals surface area contributed by atoms with Gasteiger partial charge in [0, 0.05) is 20.2 Å². The molecular weight excluding hydrogens is 254 g/mol. The number of nitrogens with one attached hydrogen (secondary N) is 1. The van der Waals surface area contributed by atoms with Crippen LogP contribution in [0.4, 0.5) is 5.82 Å². The van der Waals surface area contributed by atoms with Crippen molar-refractivity contribution in [2.24, 2.45) is 0 Å². The molecule has 0 amide bonds. The summed E-state index contributed by atoms with van der Waals surface area (Å²) in [5, 5.41) is 3.04. The SMILES string of the molecule is CNc1cc(-n2cnc3ccccc32)nc(COC)n1. The van der Waals surface area contributed by atoms with Crippen molar-refractivity contribution in [3.8, 4) is 5.82 Å². The lowest BCUT2D eigenvalue weighted by atomic mass is 10.3. The summed E-state index contributed by atoms with van der Waals surface area (Å²) in [6.07, 6.45) is 1.77. The molecule has 20 heavy (non-hydrogen) atoms. The molecule has 102 valence electrons. The molecular formula is C14H15N5O. The number of rotatable bonds is 4. The lowest BCUT2D eigenvalue weighted by molar-refractivity contribution is 0.178. The Kier molecular flexibility index (Phi) is 3.30. The van der Waals surface area contributed by atoms with E-state index in [1.807, 2.05) is 41.9 Å². The summed E-state index contributed by atoms with van der Waals surface area (Å²) in [5.41, 5.74) is 1.95. The molecule has 0 atom stereocenters. The first kappa shape index (κ1) is 12.6. The van der Waals surface area contributed by atoms with E-state index >= 15 is 0 Å². The Hall–Kier alpha value is -2.47. The Bertz CT molecular complexity index is 737. The van der Waals surface area contributed by atoms with Gasteiger partial charge >= 0.3 is 0 Å². The van der Waals surface area contributed by atoms with Crippen molar-refractivity contribution in [2.75, 3.05) is 19.5 Å². The zero-order chi connectivity index (χ0) is 13.9. The van der Waals surface area contributed by atoms with Crippen molar-refractivity contribution in [3.05, 3.63) is 42.5 Å². The summed E-state index contributed by atoms with van der Waals surface area (Å²) in [6.45, 7) is 0.370. The largest absolute Gasteiger partial charge is 0.377 e. The number of hydrogen-bond donors (Lipinski definition) is 1. The van der Waals surface area contributed by atoms with Gasteiger partial charge in [0.05, 0.1) is 11.0 Å². The molecule has 2 heterocycles. The molecule has 6 nitrogen and oxygen atoms in total. The van der Waals surface area contributed by atoms with Gasteiger partial charge in [0.15, 0.2) is 5.82 Å². The first-order valence-corrected chi connectivity index (χ1v) is 6.29. The average molecular weight is 269 g/mol. The summed E-state index contributed by atoms with van der Waals surface area (Å²) in [7, 11) is 3.45. The summed E-state index contributed by atoms with van der Waals surface area (Å²) in [6, 6.07) is 9.82. The van der Waals surface area contributed by atoms with E-state index < -0.39 is 0 Å². The zero-order valence-electron chi connectivity index (χ0n) is 11.4. The molecule has 0 unspecified atom stereocenters. The Balaban J connectivity index is 2.15. The molecule has 0 aliphatic rings. The maximum absolute atomic E-state index is 5.11. The minimum Gasteiger partial charge on any atom is -0.377 e. The molecule has 1 N–H and O–H groups in total. The molecule has 0 bridgehead atoms. The number of para-hydroxylation sites is 2. The number of aromatic nitrogens is 4. The standard InChI is InChI=1S/C14H15N5O/c1-15-12-7-14(18-13(17-12)8-20-2)19-9-16-10-5-3-4-6-11(10)19/h3-7,9H,8H2,1-2H3,(H,15,17,18). The van der Waals surface area contributed by atoms with Gasteiger partial charge in [-0.2, -0.15) is 0 Å². The van der Waals surface area contributed by atoms with Gasteiger partial charge in [-0.3, -0.25) is 4.57 Å². The fourth-order valence-electron chi connectivity index (χ4n) is 2.07. The van der Waals surface area contributed by atoms with Crippen LogP contribution in [0.25, 0.3) is 16.9 Å². The number of fused-ring (bicyclic) bond motifs is 1. The van der Waals surface area contributed by atoms with Crippen LogP contribution in [0.2, 0.25) is 0 Å². The third kappa shape index (κ3) is 2.21. The molecule has 0 saturated heterocycles. The maximum atomic E-state index is 5.11. The average Bonchev–Trinajstić information content (AvgIpc) is 2.91. The summed E-state index contributed by atoms with van der Waals surface area (Å²) < 4.78 is 7.05. The molecule has 3 aromatic rings. The molecule has 0 radical (unpaired) electrons. The highest BCUT2D eigenvalue weighted by Crippen LogP contribution is 2.18. The molecule has 0 saturated carbocycles. The fourth-order valence-corrected chi connectivity index (χ4v) is 2.07. The third-order valence-electron chi connectivity index (χ3n) is 2.99. The highest BCUT2D eigenvalue weighted by molar-refractivity contribution is 5.76. The number of ether oxygens (including phenoxy) is 1. The minimum absolute atomic E-state index is 0.370. The zero-order valence-corrected chi connectivity index (χ0v) is 11.4. The van der Waals surface area contributed by atoms with Crippen LogP contribution < -0.4 is 5.32 Å². The number of hydrogen-bond acceptors (Lipinski definition) is 5. The highest BCUT2D eigenvalue weighted by Gasteiger charge is 2.09. The highest BCUT2D eigenvalue weighted by atomic mass is 16.5. The fraction of sp³-hybridized carbons (Fsp3) is 0.214. The van der Waals surface area contributed by atoms with Crippen molar-refractivity contribution in [1.82, 2.24) is 19.5 Å². The molecule has 3 rings (SSSR count). The van der Waals surface area contributed by atoms with Gasteiger partial charge in [-0.1, -0.05) is 12.1 Å². The van der Waals surface area contributed by atoms with Crippen molar-refractivity contribution < 1.29 is 4.74 Å². The van der Waals surface area contributed by atoms with E-state index in [2.05, 4.69) is 20.3 Å². The van der Waals surface area contributed by atoms with Gasteiger partial charge < -0.3 is 10.1 Å². The van der Waals surface area contributed by atoms with Gasteiger partial charge in [-0.25, -0.2) is 15.0 Å². The Morgan fingerprint density at radius 2 is 2.10 bits per heavy atom. The Morgan fingerprint density at radius 1 is 1.25 bits per heavy atom. The minimum atomic E-state index is 0.370. The van der Waals surface area contributed by atoms with E-state index in [1.54, 1.807) is 13.4 Å². The number of imidazole rings is 1. The maximum Gasteiger partial charge on any atom is 0.158 e. The summed E-state index contributed by atoms with van der Waals surface area (Å²) in [4.78, 5) is 13.2. The summed E-state index contributed by atoms with van der Waals surface area (Å²) >= 11 is 0. The van der Waals surface area contributed by atoms with Crippen LogP contribution in [0.3, 0.4) is 0 Å². The monoisotopic (exact) mass is 269 g/mol. The molecule has 0 spiro atoms. The number of nitrogens with zero attached hydrogens (tertiary/aromatic N) is 4.